The molecule has 1 heterocycles. The Balaban J connectivity index is 1.24. The van der Waals surface area contributed by atoms with E-state index in [0.717, 1.165) is 97.6 Å². The number of hydrogen-bond acceptors (Lipinski definition) is 8. The number of ether oxygens (including phenoxy) is 3. The van der Waals surface area contributed by atoms with E-state index < -0.39 is 0 Å². The van der Waals surface area contributed by atoms with Crippen LogP contribution in [0.15, 0.2) is 109 Å². The van der Waals surface area contributed by atoms with E-state index in [0.29, 0.717) is 19.8 Å². The van der Waals surface area contributed by atoms with Crippen LogP contribution in [-0.2, 0) is 35.4 Å². The van der Waals surface area contributed by atoms with E-state index in [1.807, 2.05) is 24.4 Å². The summed E-state index contributed by atoms with van der Waals surface area (Å²) in [5, 5.41) is 8.07. The average Bonchev–Trinajstić information content (AvgIpc) is 3.68. The number of rotatable bonds is 27. The molecule has 0 fully saturated rings. The van der Waals surface area contributed by atoms with Gasteiger partial charge in [0.2, 0.25) is 5.13 Å². The molecule has 0 saturated carbocycles. The lowest BCUT2D eigenvalue weighted by molar-refractivity contribution is -0.137. The molecule has 0 saturated heterocycles. The molecule has 0 aliphatic heterocycles. The van der Waals surface area contributed by atoms with Crippen molar-refractivity contribution < 1.29 is 19.0 Å². The molecule has 8 heteroatoms. The second kappa shape index (κ2) is 24.6. The summed E-state index contributed by atoms with van der Waals surface area (Å²) in [5.41, 5.74) is 7.06. The van der Waals surface area contributed by atoms with Crippen molar-refractivity contribution >= 4 is 38.9 Å². The van der Waals surface area contributed by atoms with Gasteiger partial charge in [-0.2, -0.15) is 5.10 Å². The number of hydrazone groups is 1. The number of nitrogens with zero attached hydrogens (tertiary/aromatic N) is 3. The minimum absolute atomic E-state index is 0.364. The Bertz CT molecular complexity index is 1920. The first-order valence-corrected chi connectivity index (χ1v) is 21.9. The van der Waals surface area contributed by atoms with Gasteiger partial charge in [0.05, 0.1) is 29.6 Å². The summed E-state index contributed by atoms with van der Waals surface area (Å²) in [6.07, 6.45) is 18.4. The van der Waals surface area contributed by atoms with Crippen LogP contribution < -0.4 is 14.5 Å². The number of aromatic nitrogens is 1. The number of thiazole rings is 1. The summed E-state index contributed by atoms with van der Waals surface area (Å²) < 4.78 is 18.7. The van der Waals surface area contributed by atoms with Crippen molar-refractivity contribution in [1.29, 1.82) is 0 Å². The number of para-hydroxylation sites is 1. The highest BCUT2D eigenvalue weighted by molar-refractivity contribution is 7.22. The highest BCUT2D eigenvalue weighted by Gasteiger charge is 2.13. The Morgan fingerprint density at radius 2 is 1.39 bits per heavy atom. The molecule has 1 aromatic heterocycles. The number of carbonyl (C=O) groups is 1. The number of hydrogen-bond donors (Lipinski definition) is 0. The summed E-state index contributed by atoms with van der Waals surface area (Å²) >= 11 is 1.69. The fraction of sp³-hybridized carbons (Fsp3) is 0.408. The molecule has 5 rings (SSSR count). The molecular weight excluding hydrogens is 727 g/mol. The summed E-state index contributed by atoms with van der Waals surface area (Å²) in [6, 6.07) is 32.1. The van der Waals surface area contributed by atoms with Crippen LogP contribution in [0.2, 0.25) is 0 Å². The number of anilines is 1. The molecule has 0 radical (unpaired) electrons. The monoisotopic (exact) mass is 787 g/mol. The second-order valence-electron chi connectivity index (χ2n) is 14.6. The van der Waals surface area contributed by atoms with E-state index >= 15 is 0 Å². The van der Waals surface area contributed by atoms with Gasteiger partial charge < -0.3 is 14.2 Å². The van der Waals surface area contributed by atoms with Gasteiger partial charge in [-0.3, -0.25) is 0 Å². The molecule has 0 N–H and O–H groups in total. The Hall–Kier alpha value is -4.95. The molecule has 302 valence electrons. The first kappa shape index (κ1) is 43.2. The van der Waals surface area contributed by atoms with Gasteiger partial charge >= 0.3 is 5.97 Å². The molecule has 0 spiro atoms. The summed E-state index contributed by atoms with van der Waals surface area (Å²) in [6.45, 7) is 10.2. The fourth-order valence-electron chi connectivity index (χ4n) is 6.54. The molecule has 57 heavy (non-hydrogen) atoms. The number of carbonyl (C=O) groups excluding carboxylic acids is 1. The first-order valence-electron chi connectivity index (χ1n) is 21.1. The van der Waals surface area contributed by atoms with Gasteiger partial charge in [0.1, 0.15) is 18.1 Å². The largest absolute Gasteiger partial charge is 0.494 e. The third-order valence-corrected chi connectivity index (χ3v) is 11.0. The van der Waals surface area contributed by atoms with E-state index in [1.54, 1.807) is 11.3 Å². The smallest absolute Gasteiger partial charge is 0.330 e. The fourth-order valence-corrected chi connectivity index (χ4v) is 7.49. The Morgan fingerprint density at radius 3 is 2.14 bits per heavy atom. The molecule has 7 nitrogen and oxygen atoms in total. The van der Waals surface area contributed by atoms with E-state index in [2.05, 4.69) is 98.2 Å². The third-order valence-electron chi connectivity index (χ3n) is 9.97. The molecule has 5 aromatic rings. The second-order valence-corrected chi connectivity index (χ2v) is 15.6. The lowest BCUT2D eigenvalue weighted by atomic mass is 10.00. The molecule has 0 amide bonds. The zero-order valence-corrected chi connectivity index (χ0v) is 34.9. The van der Waals surface area contributed by atoms with Crippen molar-refractivity contribution in [1.82, 2.24) is 4.98 Å². The maximum Gasteiger partial charge on any atom is 0.330 e. The topological polar surface area (TPSA) is 73.2 Å². The van der Waals surface area contributed by atoms with E-state index in [9.17, 15) is 4.79 Å². The van der Waals surface area contributed by atoms with Crippen molar-refractivity contribution in [2.45, 2.75) is 110 Å². The van der Waals surface area contributed by atoms with Gasteiger partial charge in [0.25, 0.3) is 0 Å². The van der Waals surface area contributed by atoms with Gasteiger partial charge in [0.15, 0.2) is 0 Å². The number of esters is 1. The normalized spacial score (nSPS) is 11.3. The van der Waals surface area contributed by atoms with Gasteiger partial charge in [-0.15, -0.1) is 0 Å². The van der Waals surface area contributed by atoms with Crippen LogP contribution in [0.5, 0.6) is 11.5 Å². The van der Waals surface area contributed by atoms with Crippen molar-refractivity contribution in [3.63, 3.8) is 0 Å². The lowest BCUT2D eigenvalue weighted by Gasteiger charge is -2.16. The third kappa shape index (κ3) is 15.1. The Kier molecular flexibility index (Phi) is 18.7. The average molecular weight is 788 g/mol. The zero-order valence-electron chi connectivity index (χ0n) is 34.1. The van der Waals surface area contributed by atoms with Gasteiger partial charge in [-0.1, -0.05) is 118 Å². The molecule has 4 aromatic carbocycles. The number of unbranched alkanes of at least 4 members (excludes halogenated alkanes) is 8. The maximum atomic E-state index is 11.2. The van der Waals surface area contributed by atoms with Crippen LogP contribution >= 0.6 is 11.3 Å². The SMILES string of the molecule is C=CC(=O)OCCCCCCOc1ccc(COc2ccc(CCc3ccc(CCCCC)cc3)cc2/C=N/N(CCCCCC)c2nc3ccccc3s2)cc1. The van der Waals surface area contributed by atoms with Gasteiger partial charge in [0, 0.05) is 18.2 Å². The molecule has 0 unspecified atom stereocenters. The number of aryl methyl sites for hydroxylation is 3. The lowest BCUT2D eigenvalue weighted by Crippen LogP contribution is -2.18. The van der Waals surface area contributed by atoms with E-state index in [4.69, 9.17) is 24.3 Å². The maximum absolute atomic E-state index is 11.2. The highest BCUT2D eigenvalue weighted by Crippen LogP contribution is 2.30. The summed E-state index contributed by atoms with van der Waals surface area (Å²) in [7, 11) is 0. The zero-order chi connectivity index (χ0) is 39.9. The predicted octanol–water partition coefficient (Wildman–Crippen LogP) is 12.5. The molecule has 0 bridgehead atoms. The van der Waals surface area contributed by atoms with E-state index in [-0.39, 0.29) is 5.97 Å². The summed E-state index contributed by atoms with van der Waals surface area (Å²) in [5.74, 6) is 1.28. The number of fused-ring (bicyclic) bond motifs is 1. The number of benzene rings is 4. The Morgan fingerprint density at radius 1 is 0.719 bits per heavy atom. The van der Waals surface area contributed by atoms with Crippen molar-refractivity contribution in [2.24, 2.45) is 5.10 Å². The first-order chi connectivity index (χ1) is 28.0. The molecular formula is C49H61N3O4S. The van der Waals surface area contributed by atoms with Crippen LogP contribution in [0.3, 0.4) is 0 Å². The quantitative estimate of drug-likeness (QED) is 0.0173. The molecule has 0 aliphatic carbocycles. The van der Waals surface area contributed by atoms with Crippen LogP contribution in [0, 0.1) is 0 Å². The minimum atomic E-state index is -0.364. The van der Waals surface area contributed by atoms with Crippen LogP contribution in [0.25, 0.3) is 10.2 Å². The van der Waals surface area contributed by atoms with Crippen LogP contribution in [-0.4, -0.2) is 36.9 Å². The van der Waals surface area contributed by atoms with Gasteiger partial charge in [-0.05, 0) is 116 Å². The van der Waals surface area contributed by atoms with Crippen molar-refractivity contribution in [3.8, 4) is 11.5 Å². The van der Waals surface area contributed by atoms with Crippen molar-refractivity contribution in [3.05, 3.63) is 131 Å². The standard InChI is InChI=1S/C49H61N3O4S/c1-4-7-9-15-33-52(49-51-45-19-13-14-20-47(45)57-49)50-37-43-36-41(26-25-40-23-21-39(22-24-40)18-12-8-5-2)29-32-46(43)56-38-42-27-30-44(31-28-42)54-34-16-10-11-17-35-55-48(53)6-3/h6,13-14,19-24,27-32,36-37H,3-5,7-12,15-18,25-26,33-35,38H2,1-2H3/b50-37+. The Labute approximate surface area is 344 Å². The van der Waals surface area contributed by atoms with Crippen LogP contribution in [0.1, 0.15) is 112 Å². The van der Waals surface area contributed by atoms with E-state index in [1.165, 1.54) is 59.6 Å². The minimum Gasteiger partial charge on any atom is -0.494 e. The predicted molar refractivity (Wildman–Crippen MR) is 238 cm³/mol. The molecule has 0 aliphatic rings. The van der Waals surface area contributed by atoms with Crippen LogP contribution in [0.4, 0.5) is 5.13 Å². The van der Waals surface area contributed by atoms with Crippen molar-refractivity contribution in [2.75, 3.05) is 24.8 Å². The van der Waals surface area contributed by atoms with Gasteiger partial charge in [-0.25, -0.2) is 14.8 Å². The highest BCUT2D eigenvalue weighted by atomic mass is 32.1. The molecule has 0 atom stereocenters. The summed E-state index contributed by atoms with van der Waals surface area (Å²) in [4.78, 5) is 16.1.